The van der Waals surface area contributed by atoms with E-state index < -0.39 is 0 Å². The predicted octanol–water partition coefficient (Wildman–Crippen LogP) is 0.110. The van der Waals surface area contributed by atoms with Crippen LogP contribution in [-0.4, -0.2) is 19.6 Å². The summed E-state index contributed by atoms with van der Waals surface area (Å²) in [6.45, 7) is 1.51. The molecule has 1 amide bonds. The Hall–Kier alpha value is -1.25. The highest BCUT2D eigenvalue weighted by Gasteiger charge is 1.94. The van der Waals surface area contributed by atoms with Crippen molar-refractivity contribution in [3.05, 3.63) is 30.3 Å². The second-order valence-electron chi connectivity index (χ2n) is 2.55. The van der Waals surface area contributed by atoms with Crippen LogP contribution in [0.4, 0.5) is 0 Å². The van der Waals surface area contributed by atoms with Gasteiger partial charge in [-0.3, -0.25) is 4.79 Å². The summed E-state index contributed by atoms with van der Waals surface area (Å²) in [5, 5.41) is 2.70. The highest BCUT2D eigenvalue weighted by molar-refractivity contribution is 6.53. The van der Waals surface area contributed by atoms with Gasteiger partial charge in [-0.1, -0.05) is 35.8 Å². The summed E-state index contributed by atoms with van der Waals surface area (Å²) < 4.78 is 0. The number of carbonyl (C=O) groups excluding carboxylic acids is 1. The first-order valence-corrected chi connectivity index (χ1v) is 3.92. The molecule has 0 spiro atoms. The zero-order valence-corrected chi connectivity index (χ0v) is 7.08. The summed E-state index contributed by atoms with van der Waals surface area (Å²) >= 11 is 0. The molecule has 0 aromatic heterocycles. The molecular weight excluding hydrogens is 149 g/mol. The molecule has 1 radical (unpaired) electrons. The Balaban J connectivity index is 2.29. The SMILES string of the molecule is CC(=O)NC[B]c1ccccc1. The Labute approximate surface area is 73.2 Å². The fourth-order valence-electron chi connectivity index (χ4n) is 0.902. The Morgan fingerprint density at radius 1 is 1.42 bits per heavy atom. The molecule has 0 aliphatic heterocycles. The first-order chi connectivity index (χ1) is 5.79. The van der Waals surface area contributed by atoms with E-state index in [-0.39, 0.29) is 5.91 Å². The molecule has 0 atom stereocenters. The van der Waals surface area contributed by atoms with Crippen LogP contribution >= 0.6 is 0 Å². The van der Waals surface area contributed by atoms with Crippen LogP contribution in [0, 0.1) is 0 Å². The molecule has 0 fully saturated rings. The lowest BCUT2D eigenvalue weighted by atomic mass is 9.70. The quantitative estimate of drug-likeness (QED) is 0.624. The summed E-state index contributed by atoms with van der Waals surface area (Å²) in [5.41, 5.74) is 1.13. The first kappa shape index (κ1) is 8.85. The third kappa shape index (κ3) is 3.24. The molecule has 1 N–H and O–H groups in total. The van der Waals surface area contributed by atoms with E-state index >= 15 is 0 Å². The Kier molecular flexibility index (Phi) is 3.39. The van der Waals surface area contributed by atoms with Gasteiger partial charge >= 0.3 is 0 Å². The minimum atomic E-state index is 0.00202. The Morgan fingerprint density at radius 2 is 2.08 bits per heavy atom. The maximum Gasteiger partial charge on any atom is 0.216 e. The van der Waals surface area contributed by atoms with Crippen molar-refractivity contribution < 1.29 is 4.79 Å². The van der Waals surface area contributed by atoms with Crippen molar-refractivity contribution >= 4 is 18.6 Å². The number of amides is 1. The van der Waals surface area contributed by atoms with E-state index in [0.717, 1.165) is 5.46 Å². The molecule has 1 aromatic rings. The zero-order valence-electron chi connectivity index (χ0n) is 7.08. The molecule has 2 nitrogen and oxygen atoms in total. The molecule has 12 heavy (non-hydrogen) atoms. The standard InChI is InChI=1S/C9H11BNO/c1-8(12)11-7-10-9-5-3-2-4-6-9/h2-6H,7H2,1H3,(H,11,12). The van der Waals surface area contributed by atoms with Crippen LogP contribution in [0.2, 0.25) is 0 Å². The smallest absolute Gasteiger partial charge is 0.216 e. The van der Waals surface area contributed by atoms with Crippen molar-refractivity contribution in [2.24, 2.45) is 0 Å². The van der Waals surface area contributed by atoms with E-state index in [9.17, 15) is 4.79 Å². The average molecular weight is 160 g/mol. The molecule has 3 heteroatoms. The number of nitrogens with one attached hydrogen (secondary N) is 1. The van der Waals surface area contributed by atoms with E-state index in [0.29, 0.717) is 6.44 Å². The second kappa shape index (κ2) is 4.60. The maximum absolute atomic E-state index is 10.5. The summed E-state index contributed by atoms with van der Waals surface area (Å²) in [6, 6.07) is 9.92. The zero-order chi connectivity index (χ0) is 8.81. The lowest BCUT2D eigenvalue weighted by Gasteiger charge is -1.99. The van der Waals surface area contributed by atoms with Gasteiger partial charge in [0.15, 0.2) is 7.28 Å². The first-order valence-electron chi connectivity index (χ1n) is 3.92. The number of benzene rings is 1. The number of hydrogen-bond donors (Lipinski definition) is 1. The van der Waals surface area contributed by atoms with Gasteiger partial charge in [0.25, 0.3) is 0 Å². The minimum Gasteiger partial charge on any atom is -0.364 e. The number of carbonyl (C=O) groups is 1. The fraction of sp³-hybridized carbons (Fsp3) is 0.222. The minimum absolute atomic E-state index is 0.00202. The number of rotatable bonds is 3. The van der Waals surface area contributed by atoms with Crippen LogP contribution in [0.25, 0.3) is 0 Å². The van der Waals surface area contributed by atoms with Crippen LogP contribution in [0.5, 0.6) is 0 Å². The van der Waals surface area contributed by atoms with E-state index in [1.807, 2.05) is 37.6 Å². The molecule has 1 aromatic carbocycles. The predicted molar refractivity (Wildman–Crippen MR) is 50.5 cm³/mol. The van der Waals surface area contributed by atoms with Crippen molar-refractivity contribution in [3.8, 4) is 0 Å². The summed E-state index contributed by atoms with van der Waals surface area (Å²) in [6.07, 6.45) is 0.597. The molecule has 0 saturated heterocycles. The maximum atomic E-state index is 10.5. The normalized spacial score (nSPS) is 9.08. The highest BCUT2D eigenvalue weighted by atomic mass is 16.1. The van der Waals surface area contributed by atoms with E-state index in [1.165, 1.54) is 6.92 Å². The third-order valence-electron chi connectivity index (χ3n) is 1.49. The second-order valence-corrected chi connectivity index (χ2v) is 2.55. The van der Waals surface area contributed by atoms with Gasteiger partial charge in [0.2, 0.25) is 5.91 Å². The molecular formula is C9H11BNO. The largest absolute Gasteiger partial charge is 0.364 e. The Morgan fingerprint density at radius 3 is 2.67 bits per heavy atom. The lowest BCUT2D eigenvalue weighted by molar-refractivity contribution is -0.118. The van der Waals surface area contributed by atoms with Crippen molar-refractivity contribution in [2.45, 2.75) is 6.92 Å². The molecule has 0 bridgehead atoms. The van der Waals surface area contributed by atoms with E-state index in [4.69, 9.17) is 0 Å². The van der Waals surface area contributed by atoms with Crippen LogP contribution in [-0.2, 0) is 4.79 Å². The lowest BCUT2D eigenvalue weighted by Crippen LogP contribution is -2.30. The molecule has 61 valence electrons. The van der Waals surface area contributed by atoms with Gasteiger partial charge in [0.1, 0.15) is 0 Å². The van der Waals surface area contributed by atoms with Crippen molar-refractivity contribution in [1.29, 1.82) is 0 Å². The van der Waals surface area contributed by atoms with Crippen LogP contribution < -0.4 is 10.8 Å². The summed E-state index contributed by atoms with van der Waals surface area (Å²) in [7, 11) is 1.97. The van der Waals surface area contributed by atoms with Crippen LogP contribution in [0.1, 0.15) is 6.92 Å². The van der Waals surface area contributed by atoms with E-state index in [1.54, 1.807) is 0 Å². The average Bonchev–Trinajstić information content (AvgIpc) is 2.05. The molecule has 0 saturated carbocycles. The summed E-state index contributed by atoms with van der Waals surface area (Å²) in [4.78, 5) is 10.5. The van der Waals surface area contributed by atoms with Gasteiger partial charge in [-0.2, -0.15) is 0 Å². The molecule has 1 rings (SSSR count). The van der Waals surface area contributed by atoms with Gasteiger partial charge in [0, 0.05) is 6.92 Å². The Bertz CT molecular complexity index is 248. The van der Waals surface area contributed by atoms with Crippen molar-refractivity contribution in [1.82, 2.24) is 5.32 Å². The van der Waals surface area contributed by atoms with Gasteiger partial charge in [-0.15, -0.1) is 0 Å². The van der Waals surface area contributed by atoms with Crippen molar-refractivity contribution in [3.63, 3.8) is 0 Å². The molecule has 0 aliphatic rings. The monoisotopic (exact) mass is 160 g/mol. The molecule has 0 aliphatic carbocycles. The molecule has 0 unspecified atom stereocenters. The number of hydrogen-bond acceptors (Lipinski definition) is 1. The van der Waals surface area contributed by atoms with Gasteiger partial charge in [-0.25, -0.2) is 0 Å². The highest BCUT2D eigenvalue weighted by Crippen LogP contribution is 1.80. The third-order valence-corrected chi connectivity index (χ3v) is 1.49. The summed E-state index contributed by atoms with van der Waals surface area (Å²) in [5.74, 6) is 0.00202. The van der Waals surface area contributed by atoms with Gasteiger partial charge in [-0.05, 0) is 6.44 Å². The van der Waals surface area contributed by atoms with Gasteiger partial charge < -0.3 is 5.32 Å². The fourth-order valence-corrected chi connectivity index (χ4v) is 0.902. The van der Waals surface area contributed by atoms with E-state index in [2.05, 4.69) is 5.32 Å². The van der Waals surface area contributed by atoms with Crippen LogP contribution in [0.15, 0.2) is 30.3 Å². The molecule has 0 heterocycles. The topological polar surface area (TPSA) is 29.1 Å². The van der Waals surface area contributed by atoms with Crippen LogP contribution in [0.3, 0.4) is 0 Å². The van der Waals surface area contributed by atoms with Crippen molar-refractivity contribution in [2.75, 3.05) is 6.44 Å². The van der Waals surface area contributed by atoms with Gasteiger partial charge in [0.05, 0.1) is 0 Å².